The van der Waals surface area contributed by atoms with Crippen molar-refractivity contribution in [2.45, 2.75) is 169 Å². The van der Waals surface area contributed by atoms with Crippen molar-refractivity contribution in [3.63, 3.8) is 0 Å². The van der Waals surface area contributed by atoms with Gasteiger partial charge in [0.1, 0.15) is 6.79 Å². The SMILES string of the molecule is O=C(O)C1CCC(OC2CCC(OC3CCC(C(=O)O)C(C(=O)O)C3)C(P(=O)(C3CCCCC3)C3CCCCC3)C2)CC1OCO. The molecule has 0 aromatic heterocycles. The number of carboxylic acids is 3. The molecule has 5 aliphatic carbocycles. The number of hydrogen-bond acceptors (Lipinski definition) is 8. The van der Waals surface area contributed by atoms with E-state index >= 15 is 4.57 Å². The Morgan fingerprint density at radius 2 is 1.04 bits per heavy atom. The number of ether oxygens (including phenoxy) is 3. The number of carboxylic acid groups (broad SMARTS) is 3. The van der Waals surface area contributed by atoms with Gasteiger partial charge in [0, 0.05) is 23.4 Å². The molecule has 12 heteroatoms. The Bertz CT molecular complexity index is 1060. The van der Waals surface area contributed by atoms with E-state index in [0.717, 1.165) is 64.2 Å². The van der Waals surface area contributed by atoms with Gasteiger partial charge in [0.05, 0.1) is 55.4 Å². The summed E-state index contributed by atoms with van der Waals surface area (Å²) in [4.78, 5) is 35.7. The molecule has 262 valence electrons. The summed E-state index contributed by atoms with van der Waals surface area (Å²) in [7, 11) is -2.82. The lowest BCUT2D eigenvalue weighted by Crippen LogP contribution is -2.48. The molecule has 0 spiro atoms. The highest BCUT2D eigenvalue weighted by atomic mass is 31.2. The summed E-state index contributed by atoms with van der Waals surface area (Å²) in [5.41, 5.74) is 0.0990. The highest BCUT2D eigenvalue weighted by Crippen LogP contribution is 2.69. The molecule has 9 unspecified atom stereocenters. The molecule has 5 fully saturated rings. The zero-order valence-electron chi connectivity index (χ0n) is 27.1. The van der Waals surface area contributed by atoms with Gasteiger partial charge in [-0.15, -0.1) is 0 Å². The first-order valence-electron chi connectivity index (χ1n) is 17.9. The van der Waals surface area contributed by atoms with Crippen LogP contribution in [-0.2, 0) is 33.2 Å². The van der Waals surface area contributed by atoms with Crippen molar-refractivity contribution in [3.05, 3.63) is 0 Å². The van der Waals surface area contributed by atoms with Crippen molar-refractivity contribution < 1.29 is 53.6 Å². The Morgan fingerprint density at radius 1 is 0.543 bits per heavy atom. The highest BCUT2D eigenvalue weighted by molar-refractivity contribution is 7.66. The summed E-state index contributed by atoms with van der Waals surface area (Å²) in [5.74, 6) is -5.74. The van der Waals surface area contributed by atoms with Crippen molar-refractivity contribution in [1.82, 2.24) is 0 Å². The average molecular weight is 671 g/mol. The van der Waals surface area contributed by atoms with E-state index in [1.807, 2.05) is 0 Å². The van der Waals surface area contributed by atoms with Crippen molar-refractivity contribution in [2.24, 2.45) is 17.8 Å². The monoisotopic (exact) mass is 670 g/mol. The molecule has 4 N–H and O–H groups in total. The van der Waals surface area contributed by atoms with Crippen LogP contribution < -0.4 is 0 Å². The summed E-state index contributed by atoms with van der Waals surface area (Å²) >= 11 is 0. The summed E-state index contributed by atoms with van der Waals surface area (Å²) in [6.07, 6.45) is 12.9. The molecule has 5 rings (SSSR count). The van der Waals surface area contributed by atoms with Crippen LogP contribution in [0.1, 0.15) is 122 Å². The third-order valence-electron chi connectivity index (χ3n) is 12.1. The van der Waals surface area contributed by atoms with Gasteiger partial charge in [0.15, 0.2) is 0 Å². The van der Waals surface area contributed by atoms with E-state index < -0.39 is 61.8 Å². The maximum Gasteiger partial charge on any atom is 0.309 e. The number of carbonyl (C=O) groups is 3. The highest BCUT2D eigenvalue weighted by Gasteiger charge is 2.53. The van der Waals surface area contributed by atoms with E-state index in [-0.39, 0.29) is 48.1 Å². The second kappa shape index (κ2) is 16.3. The van der Waals surface area contributed by atoms with Gasteiger partial charge in [0.2, 0.25) is 0 Å². The Labute approximate surface area is 272 Å². The zero-order chi connectivity index (χ0) is 32.8. The number of aliphatic hydroxyl groups is 1. The van der Waals surface area contributed by atoms with Gasteiger partial charge in [-0.3, -0.25) is 14.4 Å². The van der Waals surface area contributed by atoms with Crippen LogP contribution in [0, 0.1) is 17.8 Å². The van der Waals surface area contributed by atoms with Crippen LogP contribution in [0.15, 0.2) is 0 Å². The minimum absolute atomic E-state index is 0.145. The van der Waals surface area contributed by atoms with Crippen LogP contribution in [0.2, 0.25) is 0 Å². The maximum atomic E-state index is 15.9. The first kappa shape index (κ1) is 35.8. The van der Waals surface area contributed by atoms with Crippen LogP contribution in [0.5, 0.6) is 0 Å². The van der Waals surface area contributed by atoms with Crippen molar-refractivity contribution in [2.75, 3.05) is 6.79 Å². The maximum absolute atomic E-state index is 15.9. The summed E-state index contributed by atoms with van der Waals surface area (Å²) in [6.45, 7) is -0.547. The largest absolute Gasteiger partial charge is 0.481 e. The van der Waals surface area contributed by atoms with E-state index in [2.05, 4.69) is 0 Å². The van der Waals surface area contributed by atoms with E-state index in [1.54, 1.807) is 0 Å². The lowest BCUT2D eigenvalue weighted by molar-refractivity contribution is -0.166. The molecule has 5 aliphatic rings. The molecule has 0 bridgehead atoms. The average Bonchev–Trinajstić information content (AvgIpc) is 3.06. The Morgan fingerprint density at radius 3 is 1.59 bits per heavy atom. The van der Waals surface area contributed by atoms with Gasteiger partial charge in [-0.1, -0.05) is 38.5 Å². The van der Waals surface area contributed by atoms with Gasteiger partial charge in [0.25, 0.3) is 0 Å². The summed E-state index contributed by atoms with van der Waals surface area (Å²) < 4.78 is 34.8. The number of aliphatic carboxylic acids is 3. The molecule has 0 aromatic rings. The normalized spacial score (nSPS) is 37.0. The Balaban J connectivity index is 1.38. The molecule has 11 nitrogen and oxygen atoms in total. The van der Waals surface area contributed by atoms with Crippen LogP contribution in [-0.4, -0.2) is 92.6 Å². The minimum atomic E-state index is -2.82. The molecule has 0 heterocycles. The fourth-order valence-electron chi connectivity index (χ4n) is 9.72. The fraction of sp³-hybridized carbons (Fsp3) is 0.912. The van der Waals surface area contributed by atoms with Crippen LogP contribution >= 0.6 is 7.14 Å². The molecule has 0 aliphatic heterocycles. The predicted molar refractivity (Wildman–Crippen MR) is 169 cm³/mol. The second-order valence-corrected chi connectivity index (χ2v) is 18.3. The second-order valence-electron chi connectivity index (χ2n) is 14.7. The molecule has 0 radical (unpaired) electrons. The van der Waals surface area contributed by atoms with Crippen LogP contribution in [0.4, 0.5) is 0 Å². The molecule has 0 aromatic carbocycles. The van der Waals surface area contributed by atoms with E-state index in [9.17, 15) is 34.8 Å². The van der Waals surface area contributed by atoms with Crippen molar-refractivity contribution in [3.8, 4) is 0 Å². The predicted octanol–water partition coefficient (Wildman–Crippen LogP) is 5.88. The van der Waals surface area contributed by atoms with Crippen LogP contribution in [0.25, 0.3) is 0 Å². The third kappa shape index (κ3) is 8.19. The summed E-state index contributed by atoms with van der Waals surface area (Å²) in [5, 5.41) is 38.6. The van der Waals surface area contributed by atoms with E-state index in [1.165, 1.54) is 0 Å². The van der Waals surface area contributed by atoms with Crippen LogP contribution in [0.3, 0.4) is 0 Å². The Hall–Kier alpha value is -1.52. The molecule has 5 saturated carbocycles. The van der Waals surface area contributed by atoms with Gasteiger partial charge in [-0.2, -0.15) is 0 Å². The third-order valence-corrected chi connectivity index (χ3v) is 16.9. The first-order valence-corrected chi connectivity index (χ1v) is 19.8. The molecule has 0 amide bonds. The van der Waals surface area contributed by atoms with E-state index in [0.29, 0.717) is 44.9 Å². The van der Waals surface area contributed by atoms with Gasteiger partial charge in [-0.05, 0) is 77.0 Å². The molecule has 46 heavy (non-hydrogen) atoms. The number of hydrogen-bond donors (Lipinski definition) is 4. The topological polar surface area (TPSA) is 177 Å². The van der Waals surface area contributed by atoms with E-state index in [4.69, 9.17) is 14.2 Å². The Kier molecular flexibility index (Phi) is 12.6. The lowest BCUT2D eigenvalue weighted by Gasteiger charge is -2.49. The number of rotatable bonds is 12. The minimum Gasteiger partial charge on any atom is -0.481 e. The smallest absolute Gasteiger partial charge is 0.309 e. The molecule has 9 atom stereocenters. The standard InChI is InChI=1S/C34H55O11P/c35-20-43-30-18-22(12-15-27(30)33(38)39)44-23-13-16-29(45-21-11-14-26(32(36)37)28(17-21)34(40)41)31(19-23)46(42,24-7-3-1-4-8-24)25-9-5-2-6-10-25/h21-31,35H,1-20H2,(H,36,37)(H,38,39)(H,40,41). The lowest BCUT2D eigenvalue weighted by atomic mass is 9.77. The fourth-order valence-corrected chi connectivity index (χ4v) is 15.0. The molecular weight excluding hydrogens is 615 g/mol. The zero-order valence-corrected chi connectivity index (χ0v) is 28.0. The quantitative estimate of drug-likeness (QED) is 0.144. The van der Waals surface area contributed by atoms with Gasteiger partial charge >= 0.3 is 17.9 Å². The first-order chi connectivity index (χ1) is 22.1. The van der Waals surface area contributed by atoms with Gasteiger partial charge in [-0.25, -0.2) is 0 Å². The van der Waals surface area contributed by atoms with Gasteiger partial charge < -0.3 is 39.2 Å². The molecule has 0 saturated heterocycles. The molecular formula is C34H55O11P. The summed E-state index contributed by atoms with van der Waals surface area (Å²) in [6, 6.07) is 0. The van der Waals surface area contributed by atoms with Crippen molar-refractivity contribution >= 4 is 25.0 Å². The van der Waals surface area contributed by atoms with Crippen molar-refractivity contribution in [1.29, 1.82) is 0 Å². The number of aliphatic hydroxyl groups excluding tert-OH is 1.